The number of aromatic nitrogens is 2. The van der Waals surface area contributed by atoms with Gasteiger partial charge in [0, 0.05) is 37.3 Å². The van der Waals surface area contributed by atoms with Gasteiger partial charge < -0.3 is 15.4 Å². The zero-order valence-corrected chi connectivity index (χ0v) is 13.8. The average Bonchev–Trinajstić information content (AvgIpc) is 2.99. The summed E-state index contributed by atoms with van der Waals surface area (Å²) in [6.45, 7) is 2.17. The third-order valence-electron chi connectivity index (χ3n) is 3.89. The van der Waals surface area contributed by atoms with E-state index in [1.807, 2.05) is 24.3 Å². The van der Waals surface area contributed by atoms with Crippen LogP contribution in [0.4, 0.5) is 0 Å². The molecule has 2 aromatic rings. The summed E-state index contributed by atoms with van der Waals surface area (Å²) < 4.78 is 5.31. The number of carbonyl (C=O) groups excluding carboxylic acids is 1. The quantitative estimate of drug-likeness (QED) is 0.772. The SMILES string of the molecule is COc1ccccc1CCNC(=O)c1n[nH]c2c1CNCC2.Cl. The molecule has 2 heterocycles. The van der Waals surface area contributed by atoms with Crippen molar-refractivity contribution in [1.82, 2.24) is 20.8 Å². The van der Waals surface area contributed by atoms with Gasteiger partial charge in [-0.1, -0.05) is 18.2 Å². The number of methoxy groups -OCH3 is 1. The molecular weight excluding hydrogens is 316 g/mol. The number of H-pyrrole nitrogens is 1. The first kappa shape index (κ1) is 17.3. The highest BCUT2D eigenvalue weighted by Crippen LogP contribution is 2.18. The molecule has 0 saturated carbocycles. The van der Waals surface area contributed by atoms with E-state index in [-0.39, 0.29) is 18.3 Å². The van der Waals surface area contributed by atoms with Gasteiger partial charge in [-0.25, -0.2) is 0 Å². The van der Waals surface area contributed by atoms with E-state index in [0.717, 1.165) is 42.0 Å². The largest absolute Gasteiger partial charge is 0.496 e. The number of benzene rings is 1. The molecule has 0 unspecified atom stereocenters. The Hall–Kier alpha value is -2.05. The van der Waals surface area contributed by atoms with E-state index in [1.54, 1.807) is 7.11 Å². The topological polar surface area (TPSA) is 79.0 Å². The molecule has 0 aliphatic carbocycles. The molecule has 3 N–H and O–H groups in total. The summed E-state index contributed by atoms with van der Waals surface area (Å²) in [5.74, 6) is 0.717. The first-order chi connectivity index (χ1) is 10.8. The van der Waals surface area contributed by atoms with E-state index in [1.165, 1.54) is 0 Å². The Labute approximate surface area is 141 Å². The lowest BCUT2D eigenvalue weighted by atomic mass is 10.1. The van der Waals surface area contributed by atoms with Gasteiger partial charge in [-0.2, -0.15) is 5.10 Å². The van der Waals surface area contributed by atoms with Crippen LogP contribution < -0.4 is 15.4 Å². The maximum Gasteiger partial charge on any atom is 0.272 e. The van der Waals surface area contributed by atoms with Crippen LogP contribution in [0.25, 0.3) is 0 Å². The number of nitrogens with one attached hydrogen (secondary N) is 3. The Balaban J connectivity index is 0.00000192. The number of nitrogens with zero attached hydrogens (tertiary/aromatic N) is 1. The predicted molar refractivity (Wildman–Crippen MR) is 90.3 cm³/mol. The van der Waals surface area contributed by atoms with Gasteiger partial charge in [0.1, 0.15) is 5.75 Å². The highest BCUT2D eigenvalue weighted by molar-refractivity contribution is 5.94. The van der Waals surface area contributed by atoms with Crippen LogP contribution in [0.5, 0.6) is 5.75 Å². The molecule has 3 rings (SSSR count). The Morgan fingerprint density at radius 3 is 3.04 bits per heavy atom. The molecule has 1 aliphatic heterocycles. The molecular formula is C16H21ClN4O2. The molecule has 124 valence electrons. The fourth-order valence-electron chi connectivity index (χ4n) is 2.72. The number of carbonyl (C=O) groups is 1. The van der Waals surface area contributed by atoms with Crippen molar-refractivity contribution in [2.75, 3.05) is 20.2 Å². The molecule has 0 spiro atoms. The van der Waals surface area contributed by atoms with E-state index < -0.39 is 0 Å². The monoisotopic (exact) mass is 336 g/mol. The molecule has 6 nitrogen and oxygen atoms in total. The minimum atomic E-state index is -0.129. The molecule has 7 heteroatoms. The van der Waals surface area contributed by atoms with Gasteiger partial charge in [-0.3, -0.25) is 9.89 Å². The lowest BCUT2D eigenvalue weighted by Crippen LogP contribution is -2.29. The van der Waals surface area contributed by atoms with Crippen LogP contribution in [0.2, 0.25) is 0 Å². The zero-order chi connectivity index (χ0) is 15.4. The van der Waals surface area contributed by atoms with Crippen LogP contribution in [0.15, 0.2) is 24.3 Å². The fourth-order valence-corrected chi connectivity index (χ4v) is 2.72. The normalized spacial score (nSPS) is 12.9. The summed E-state index contributed by atoms with van der Waals surface area (Å²) in [6, 6.07) is 7.83. The van der Waals surface area contributed by atoms with Crippen LogP contribution in [0, 0.1) is 0 Å². The van der Waals surface area contributed by atoms with E-state index >= 15 is 0 Å². The number of ether oxygens (including phenoxy) is 1. The van der Waals surface area contributed by atoms with Crippen molar-refractivity contribution in [3.05, 3.63) is 46.8 Å². The van der Waals surface area contributed by atoms with E-state index in [0.29, 0.717) is 18.8 Å². The van der Waals surface area contributed by atoms with Gasteiger partial charge in [0.15, 0.2) is 5.69 Å². The fraction of sp³-hybridized carbons (Fsp3) is 0.375. The van der Waals surface area contributed by atoms with Crippen LogP contribution in [-0.4, -0.2) is 36.3 Å². The number of fused-ring (bicyclic) bond motifs is 1. The minimum absolute atomic E-state index is 0. The molecule has 0 radical (unpaired) electrons. The third-order valence-corrected chi connectivity index (χ3v) is 3.89. The van der Waals surface area contributed by atoms with Crippen LogP contribution >= 0.6 is 12.4 Å². The van der Waals surface area contributed by atoms with Gasteiger partial charge in [-0.05, 0) is 18.1 Å². The summed E-state index contributed by atoms with van der Waals surface area (Å²) in [7, 11) is 1.65. The number of hydrogen-bond donors (Lipinski definition) is 3. The summed E-state index contributed by atoms with van der Waals surface area (Å²) in [4.78, 5) is 12.3. The molecule has 0 saturated heterocycles. The van der Waals surface area contributed by atoms with Crippen LogP contribution in [0.3, 0.4) is 0 Å². The second kappa shape index (κ2) is 7.99. The molecule has 23 heavy (non-hydrogen) atoms. The Morgan fingerprint density at radius 1 is 1.39 bits per heavy atom. The summed E-state index contributed by atoms with van der Waals surface area (Å²) in [6.07, 6.45) is 1.61. The first-order valence-corrected chi connectivity index (χ1v) is 7.46. The maximum atomic E-state index is 12.3. The molecule has 0 fully saturated rings. The smallest absolute Gasteiger partial charge is 0.272 e. The first-order valence-electron chi connectivity index (χ1n) is 7.46. The molecule has 0 bridgehead atoms. The van der Waals surface area contributed by atoms with Gasteiger partial charge in [-0.15, -0.1) is 12.4 Å². The van der Waals surface area contributed by atoms with Crippen molar-refractivity contribution < 1.29 is 9.53 Å². The highest BCUT2D eigenvalue weighted by atomic mass is 35.5. The Morgan fingerprint density at radius 2 is 2.22 bits per heavy atom. The molecule has 1 amide bonds. The number of hydrogen-bond acceptors (Lipinski definition) is 4. The zero-order valence-electron chi connectivity index (χ0n) is 13.0. The van der Waals surface area contributed by atoms with Crippen LogP contribution in [0.1, 0.15) is 27.3 Å². The lowest BCUT2D eigenvalue weighted by Gasteiger charge is -2.13. The average molecular weight is 337 g/mol. The molecule has 1 aliphatic rings. The highest BCUT2D eigenvalue weighted by Gasteiger charge is 2.21. The van der Waals surface area contributed by atoms with Gasteiger partial charge in [0.2, 0.25) is 0 Å². The van der Waals surface area contributed by atoms with Gasteiger partial charge >= 0.3 is 0 Å². The summed E-state index contributed by atoms with van der Waals surface area (Å²) >= 11 is 0. The van der Waals surface area contributed by atoms with E-state index in [9.17, 15) is 4.79 Å². The molecule has 1 aromatic heterocycles. The minimum Gasteiger partial charge on any atom is -0.496 e. The second-order valence-electron chi connectivity index (χ2n) is 5.27. The third kappa shape index (κ3) is 3.83. The Kier molecular flexibility index (Phi) is 6.01. The van der Waals surface area contributed by atoms with Crippen molar-refractivity contribution in [2.24, 2.45) is 0 Å². The second-order valence-corrected chi connectivity index (χ2v) is 5.27. The van der Waals surface area contributed by atoms with Crippen molar-refractivity contribution in [3.63, 3.8) is 0 Å². The van der Waals surface area contributed by atoms with Gasteiger partial charge in [0.25, 0.3) is 5.91 Å². The Bertz CT molecular complexity index is 672. The van der Waals surface area contributed by atoms with E-state index in [2.05, 4.69) is 20.8 Å². The number of para-hydroxylation sites is 1. The number of aromatic amines is 1. The number of halogens is 1. The van der Waals surface area contributed by atoms with Crippen LogP contribution in [-0.2, 0) is 19.4 Å². The van der Waals surface area contributed by atoms with Gasteiger partial charge in [0.05, 0.1) is 7.11 Å². The standard InChI is InChI=1S/C16H20N4O2.ClH/c1-22-14-5-3-2-4-11(14)6-9-18-16(21)15-12-10-17-8-7-13(12)19-20-15;/h2-5,17H,6-10H2,1H3,(H,18,21)(H,19,20);1H. The number of amides is 1. The number of rotatable bonds is 5. The molecule has 1 aromatic carbocycles. The lowest BCUT2D eigenvalue weighted by molar-refractivity contribution is 0.0948. The van der Waals surface area contributed by atoms with Crippen molar-refractivity contribution in [3.8, 4) is 5.75 Å². The van der Waals surface area contributed by atoms with Crippen molar-refractivity contribution in [1.29, 1.82) is 0 Å². The predicted octanol–water partition coefficient (Wildman–Crippen LogP) is 1.46. The molecule has 0 atom stereocenters. The van der Waals surface area contributed by atoms with Crippen molar-refractivity contribution in [2.45, 2.75) is 19.4 Å². The maximum absolute atomic E-state index is 12.3. The van der Waals surface area contributed by atoms with E-state index in [4.69, 9.17) is 4.74 Å². The van der Waals surface area contributed by atoms with Crippen molar-refractivity contribution >= 4 is 18.3 Å². The summed E-state index contributed by atoms with van der Waals surface area (Å²) in [5.41, 5.74) is 3.63. The summed E-state index contributed by atoms with van der Waals surface area (Å²) in [5, 5.41) is 13.3.